The van der Waals surface area contributed by atoms with Gasteiger partial charge in [0.15, 0.2) is 0 Å². The molecule has 1 rings (SSSR count). The van der Waals surface area contributed by atoms with Crippen LogP contribution in [0.15, 0.2) is 24.3 Å². The summed E-state index contributed by atoms with van der Waals surface area (Å²) in [5, 5.41) is 3.34. The lowest BCUT2D eigenvalue weighted by Crippen LogP contribution is -2.24. The van der Waals surface area contributed by atoms with Crippen molar-refractivity contribution in [1.82, 2.24) is 5.32 Å². The summed E-state index contributed by atoms with van der Waals surface area (Å²) in [6.07, 6.45) is -2.64. The van der Waals surface area contributed by atoms with E-state index in [1.807, 2.05) is 31.2 Å². The van der Waals surface area contributed by atoms with Gasteiger partial charge in [-0.05, 0) is 43.4 Å². The molecule has 21 heavy (non-hydrogen) atoms. The van der Waals surface area contributed by atoms with Crippen molar-refractivity contribution < 1.29 is 17.9 Å². The van der Waals surface area contributed by atoms with Crippen LogP contribution in [0.25, 0.3) is 0 Å². The SMILES string of the molecule is CCCNCC(CCOCC(F)(F)F)c1ccccc1C. The van der Waals surface area contributed by atoms with E-state index in [1.165, 1.54) is 5.56 Å². The van der Waals surface area contributed by atoms with Gasteiger partial charge >= 0.3 is 6.18 Å². The Bertz CT molecular complexity index is 407. The van der Waals surface area contributed by atoms with E-state index in [1.54, 1.807) is 0 Å². The van der Waals surface area contributed by atoms with Gasteiger partial charge in [0.2, 0.25) is 0 Å². The molecule has 1 unspecified atom stereocenters. The first kappa shape index (κ1) is 18.0. The summed E-state index contributed by atoms with van der Waals surface area (Å²) in [5.41, 5.74) is 2.34. The van der Waals surface area contributed by atoms with Crippen LogP contribution in [0.5, 0.6) is 0 Å². The Balaban J connectivity index is 2.55. The number of aryl methyl sites for hydroxylation is 1. The molecular weight excluding hydrogens is 279 g/mol. The van der Waals surface area contributed by atoms with Gasteiger partial charge in [0.25, 0.3) is 0 Å². The topological polar surface area (TPSA) is 21.3 Å². The van der Waals surface area contributed by atoms with Crippen molar-refractivity contribution in [2.75, 3.05) is 26.3 Å². The molecule has 0 bridgehead atoms. The molecule has 5 heteroatoms. The summed E-state index contributed by atoms with van der Waals surface area (Å²) in [4.78, 5) is 0. The lowest BCUT2D eigenvalue weighted by molar-refractivity contribution is -0.174. The number of halogens is 3. The summed E-state index contributed by atoms with van der Waals surface area (Å²) in [6, 6.07) is 8.00. The molecule has 0 amide bonds. The lowest BCUT2D eigenvalue weighted by atomic mass is 9.92. The number of rotatable bonds is 9. The molecule has 1 aromatic carbocycles. The molecule has 0 heterocycles. The number of hydrogen-bond acceptors (Lipinski definition) is 2. The largest absolute Gasteiger partial charge is 0.411 e. The predicted molar refractivity (Wildman–Crippen MR) is 78.6 cm³/mol. The molecule has 0 aliphatic carbocycles. The Kier molecular flexibility index (Phi) is 7.75. The molecule has 120 valence electrons. The molecule has 1 atom stereocenters. The molecule has 0 aliphatic rings. The summed E-state index contributed by atoms with van der Waals surface area (Å²) in [6.45, 7) is 4.73. The molecule has 0 aromatic heterocycles. The smallest absolute Gasteiger partial charge is 0.372 e. The van der Waals surface area contributed by atoms with E-state index >= 15 is 0 Å². The minimum absolute atomic E-state index is 0.117. The van der Waals surface area contributed by atoms with Gasteiger partial charge in [0.1, 0.15) is 6.61 Å². The molecule has 0 fully saturated rings. The molecule has 2 nitrogen and oxygen atoms in total. The fraction of sp³-hybridized carbons (Fsp3) is 0.625. The molecule has 0 spiro atoms. The first-order valence-electron chi connectivity index (χ1n) is 7.34. The van der Waals surface area contributed by atoms with Crippen LogP contribution >= 0.6 is 0 Å². The van der Waals surface area contributed by atoms with Gasteiger partial charge in [0.05, 0.1) is 0 Å². The highest BCUT2D eigenvalue weighted by molar-refractivity contribution is 5.29. The van der Waals surface area contributed by atoms with Gasteiger partial charge in [-0.2, -0.15) is 13.2 Å². The van der Waals surface area contributed by atoms with Gasteiger partial charge in [-0.15, -0.1) is 0 Å². The van der Waals surface area contributed by atoms with Crippen LogP contribution in [-0.4, -0.2) is 32.5 Å². The summed E-state index contributed by atoms with van der Waals surface area (Å²) >= 11 is 0. The highest BCUT2D eigenvalue weighted by Crippen LogP contribution is 2.23. The number of alkyl halides is 3. The van der Waals surface area contributed by atoms with E-state index in [0.29, 0.717) is 6.42 Å². The van der Waals surface area contributed by atoms with Crippen LogP contribution < -0.4 is 5.32 Å². The second-order valence-corrected chi connectivity index (χ2v) is 5.21. The summed E-state index contributed by atoms with van der Waals surface area (Å²) in [7, 11) is 0. The monoisotopic (exact) mass is 303 g/mol. The van der Waals surface area contributed by atoms with Crippen LogP contribution in [0.2, 0.25) is 0 Å². The molecule has 1 aromatic rings. The highest BCUT2D eigenvalue weighted by atomic mass is 19.4. The normalized spacial score (nSPS) is 13.4. The maximum absolute atomic E-state index is 12.1. The van der Waals surface area contributed by atoms with E-state index < -0.39 is 12.8 Å². The molecule has 1 N–H and O–H groups in total. The number of ether oxygens (including phenoxy) is 1. The van der Waals surface area contributed by atoms with Crippen molar-refractivity contribution in [1.29, 1.82) is 0 Å². The molecule has 0 radical (unpaired) electrons. The molecule has 0 saturated carbocycles. The maximum Gasteiger partial charge on any atom is 0.411 e. The molecule has 0 aliphatic heterocycles. The van der Waals surface area contributed by atoms with E-state index in [4.69, 9.17) is 4.74 Å². The fourth-order valence-corrected chi connectivity index (χ4v) is 2.28. The molecule has 0 saturated heterocycles. The third-order valence-corrected chi connectivity index (χ3v) is 3.32. The fourth-order valence-electron chi connectivity index (χ4n) is 2.28. The van der Waals surface area contributed by atoms with Gasteiger partial charge in [-0.3, -0.25) is 0 Å². The second-order valence-electron chi connectivity index (χ2n) is 5.21. The first-order valence-corrected chi connectivity index (χ1v) is 7.34. The average molecular weight is 303 g/mol. The zero-order chi connectivity index (χ0) is 15.7. The predicted octanol–water partition coefficient (Wildman–Crippen LogP) is 4.05. The van der Waals surface area contributed by atoms with Crippen molar-refractivity contribution >= 4 is 0 Å². The first-order chi connectivity index (χ1) is 9.94. The zero-order valence-corrected chi connectivity index (χ0v) is 12.7. The van der Waals surface area contributed by atoms with Gasteiger partial charge in [-0.25, -0.2) is 0 Å². The third-order valence-electron chi connectivity index (χ3n) is 3.32. The van der Waals surface area contributed by atoms with Crippen LogP contribution in [0.3, 0.4) is 0 Å². The Morgan fingerprint density at radius 2 is 1.95 bits per heavy atom. The van der Waals surface area contributed by atoms with Crippen molar-refractivity contribution in [2.45, 2.75) is 38.8 Å². The Hall–Kier alpha value is -1.07. The van der Waals surface area contributed by atoms with E-state index in [2.05, 4.69) is 12.2 Å². The Morgan fingerprint density at radius 3 is 2.57 bits per heavy atom. The average Bonchev–Trinajstić information content (AvgIpc) is 2.41. The molecular formula is C16H24F3NO. The second kappa shape index (κ2) is 9.05. The van der Waals surface area contributed by atoms with Crippen LogP contribution in [0, 0.1) is 6.92 Å². The number of benzene rings is 1. The maximum atomic E-state index is 12.1. The van der Waals surface area contributed by atoms with E-state index in [-0.39, 0.29) is 12.5 Å². The van der Waals surface area contributed by atoms with Gasteiger partial charge < -0.3 is 10.1 Å². The number of hydrogen-bond donors (Lipinski definition) is 1. The summed E-state index contributed by atoms with van der Waals surface area (Å²) < 4.78 is 41.0. The van der Waals surface area contributed by atoms with Crippen LogP contribution in [0.1, 0.15) is 36.8 Å². The van der Waals surface area contributed by atoms with Crippen molar-refractivity contribution in [2.24, 2.45) is 0 Å². The Morgan fingerprint density at radius 1 is 1.24 bits per heavy atom. The third kappa shape index (κ3) is 7.48. The van der Waals surface area contributed by atoms with Crippen LogP contribution in [-0.2, 0) is 4.74 Å². The Labute approximate surface area is 124 Å². The highest BCUT2D eigenvalue weighted by Gasteiger charge is 2.27. The lowest BCUT2D eigenvalue weighted by Gasteiger charge is -2.20. The number of nitrogens with one attached hydrogen (secondary N) is 1. The van der Waals surface area contributed by atoms with Crippen molar-refractivity contribution in [3.05, 3.63) is 35.4 Å². The zero-order valence-electron chi connectivity index (χ0n) is 12.7. The van der Waals surface area contributed by atoms with E-state index in [9.17, 15) is 13.2 Å². The van der Waals surface area contributed by atoms with Gasteiger partial charge in [-0.1, -0.05) is 31.2 Å². The minimum Gasteiger partial charge on any atom is -0.372 e. The minimum atomic E-state index is -4.25. The quantitative estimate of drug-likeness (QED) is 0.695. The van der Waals surface area contributed by atoms with Crippen molar-refractivity contribution in [3.63, 3.8) is 0 Å². The standard InChI is InChI=1S/C16H24F3NO/c1-3-9-20-11-14(8-10-21-12-16(17,18)19)15-7-5-4-6-13(15)2/h4-7,14,20H,3,8-12H2,1-2H3. The van der Waals surface area contributed by atoms with Crippen molar-refractivity contribution in [3.8, 4) is 0 Å². The van der Waals surface area contributed by atoms with Crippen LogP contribution in [0.4, 0.5) is 13.2 Å². The van der Waals surface area contributed by atoms with Gasteiger partial charge in [0, 0.05) is 13.2 Å². The van der Waals surface area contributed by atoms with E-state index in [0.717, 1.165) is 25.1 Å². The summed E-state index contributed by atoms with van der Waals surface area (Å²) in [5.74, 6) is 0.172.